The van der Waals surface area contributed by atoms with Crippen molar-refractivity contribution in [3.8, 4) is 0 Å². The third kappa shape index (κ3) is 7.37. The summed E-state index contributed by atoms with van der Waals surface area (Å²) in [5.41, 5.74) is 1.01. The molecule has 168 valence electrons. The molecular weight excluding hydrogens is 406 g/mol. The first-order valence-electron chi connectivity index (χ1n) is 10.4. The van der Waals surface area contributed by atoms with Gasteiger partial charge in [0.25, 0.3) is 0 Å². The molecule has 0 radical (unpaired) electrons. The Morgan fingerprint density at radius 1 is 1.13 bits per heavy atom. The summed E-state index contributed by atoms with van der Waals surface area (Å²) in [5.74, 6) is -0.309. The van der Waals surface area contributed by atoms with Gasteiger partial charge in [-0.15, -0.1) is 0 Å². The molecule has 3 N–H and O–H groups in total. The molecule has 0 spiro atoms. The number of benzene rings is 1. The van der Waals surface area contributed by atoms with Crippen LogP contribution in [0, 0.1) is 18.8 Å². The Labute approximate surface area is 179 Å². The first-order chi connectivity index (χ1) is 14.2. The highest BCUT2D eigenvalue weighted by molar-refractivity contribution is 7.89. The summed E-state index contributed by atoms with van der Waals surface area (Å²) in [7, 11) is -1.97. The van der Waals surface area contributed by atoms with Crippen LogP contribution in [0.25, 0.3) is 0 Å². The molecule has 1 fully saturated rings. The predicted molar refractivity (Wildman–Crippen MR) is 114 cm³/mol. The van der Waals surface area contributed by atoms with E-state index in [-0.39, 0.29) is 28.5 Å². The standard InChI is InChI=1S/C21H33N3O5S/c1-15-4-10-19(11-5-15)30(27,28)23-14-17-6-8-18(9-7-17)21(26)24-16(2)20(25)22-12-13-29-3/h4-5,10-11,16-18,23H,6-9,12-14H2,1-3H3,(H,22,25)(H,24,26). The fourth-order valence-electron chi connectivity index (χ4n) is 3.48. The minimum Gasteiger partial charge on any atom is -0.383 e. The molecule has 0 heterocycles. The molecule has 2 amide bonds. The van der Waals surface area contributed by atoms with Gasteiger partial charge in [-0.1, -0.05) is 17.7 Å². The molecule has 0 aromatic heterocycles. The number of rotatable bonds is 10. The zero-order valence-electron chi connectivity index (χ0n) is 17.9. The van der Waals surface area contributed by atoms with Gasteiger partial charge in [-0.25, -0.2) is 13.1 Å². The Hall–Kier alpha value is -1.97. The number of methoxy groups -OCH3 is 1. The van der Waals surface area contributed by atoms with Crippen LogP contribution in [0.15, 0.2) is 29.2 Å². The summed E-state index contributed by atoms with van der Waals surface area (Å²) in [6.07, 6.45) is 2.90. The third-order valence-corrected chi connectivity index (χ3v) is 6.91. The van der Waals surface area contributed by atoms with Crippen molar-refractivity contribution in [2.24, 2.45) is 11.8 Å². The highest BCUT2D eigenvalue weighted by Gasteiger charge is 2.28. The van der Waals surface area contributed by atoms with Crippen LogP contribution >= 0.6 is 0 Å². The van der Waals surface area contributed by atoms with Crippen LogP contribution in [0.2, 0.25) is 0 Å². The second-order valence-electron chi connectivity index (χ2n) is 7.90. The average molecular weight is 440 g/mol. The topological polar surface area (TPSA) is 114 Å². The highest BCUT2D eigenvalue weighted by atomic mass is 32.2. The monoisotopic (exact) mass is 439 g/mol. The summed E-state index contributed by atoms with van der Waals surface area (Å²) in [5, 5.41) is 5.47. The second-order valence-corrected chi connectivity index (χ2v) is 9.66. The summed E-state index contributed by atoms with van der Waals surface area (Å²) < 4.78 is 32.4. The Morgan fingerprint density at radius 3 is 2.37 bits per heavy atom. The van der Waals surface area contributed by atoms with Crippen LogP contribution in [-0.4, -0.2) is 53.1 Å². The maximum absolute atomic E-state index is 12.5. The first-order valence-corrected chi connectivity index (χ1v) is 11.8. The molecule has 0 saturated heterocycles. The minimum atomic E-state index is -3.52. The molecule has 1 aromatic rings. The summed E-state index contributed by atoms with van der Waals surface area (Å²) in [4.78, 5) is 24.7. The Kier molecular flexibility index (Phi) is 9.26. The van der Waals surface area contributed by atoms with Gasteiger partial charge in [0.2, 0.25) is 21.8 Å². The van der Waals surface area contributed by atoms with Gasteiger partial charge >= 0.3 is 0 Å². The molecule has 1 aliphatic rings. The smallest absolute Gasteiger partial charge is 0.242 e. The van der Waals surface area contributed by atoms with Crippen molar-refractivity contribution in [2.45, 2.75) is 50.5 Å². The lowest BCUT2D eigenvalue weighted by Gasteiger charge is -2.28. The summed E-state index contributed by atoms with van der Waals surface area (Å²) in [6.45, 7) is 4.75. The Morgan fingerprint density at radius 2 is 1.77 bits per heavy atom. The van der Waals surface area contributed by atoms with E-state index in [2.05, 4.69) is 15.4 Å². The number of hydrogen-bond acceptors (Lipinski definition) is 5. The number of aryl methyl sites for hydroxylation is 1. The molecule has 1 saturated carbocycles. The van der Waals surface area contributed by atoms with Crippen molar-refractivity contribution >= 4 is 21.8 Å². The van der Waals surface area contributed by atoms with Gasteiger partial charge in [0.05, 0.1) is 11.5 Å². The number of nitrogens with one attached hydrogen (secondary N) is 3. The van der Waals surface area contributed by atoms with Crippen molar-refractivity contribution in [2.75, 3.05) is 26.8 Å². The maximum atomic E-state index is 12.5. The molecular formula is C21H33N3O5S. The zero-order valence-corrected chi connectivity index (χ0v) is 18.8. The van der Waals surface area contributed by atoms with Gasteiger partial charge in [-0.05, 0) is 57.6 Å². The van der Waals surface area contributed by atoms with E-state index in [0.717, 1.165) is 18.4 Å². The van der Waals surface area contributed by atoms with Gasteiger partial charge in [0.1, 0.15) is 6.04 Å². The molecule has 1 atom stereocenters. The van der Waals surface area contributed by atoms with E-state index in [1.165, 1.54) is 0 Å². The molecule has 30 heavy (non-hydrogen) atoms. The normalized spacial score (nSPS) is 20.4. The number of hydrogen-bond donors (Lipinski definition) is 3. The fraction of sp³-hybridized carbons (Fsp3) is 0.619. The lowest BCUT2D eigenvalue weighted by molar-refractivity contribution is -0.131. The SMILES string of the molecule is COCCNC(=O)C(C)NC(=O)C1CCC(CNS(=O)(=O)c2ccc(C)cc2)CC1. The Balaban J connectivity index is 1.74. The Bertz CT molecular complexity index is 802. The minimum absolute atomic E-state index is 0.122. The van der Waals surface area contributed by atoms with E-state index >= 15 is 0 Å². The fourth-order valence-corrected chi connectivity index (χ4v) is 4.60. The summed E-state index contributed by atoms with van der Waals surface area (Å²) in [6, 6.07) is 6.15. The number of amides is 2. The molecule has 1 aromatic carbocycles. The molecule has 9 heteroatoms. The number of ether oxygens (including phenoxy) is 1. The van der Waals surface area contributed by atoms with Crippen LogP contribution < -0.4 is 15.4 Å². The number of carbonyl (C=O) groups excluding carboxylic acids is 2. The van der Waals surface area contributed by atoms with Crippen molar-refractivity contribution in [3.05, 3.63) is 29.8 Å². The lowest BCUT2D eigenvalue weighted by Crippen LogP contribution is -2.47. The van der Waals surface area contributed by atoms with Crippen molar-refractivity contribution < 1.29 is 22.7 Å². The van der Waals surface area contributed by atoms with Crippen LogP contribution in [0.5, 0.6) is 0 Å². The molecule has 0 bridgehead atoms. The first kappa shape index (κ1) is 24.3. The van der Waals surface area contributed by atoms with Gasteiger partial charge in [0, 0.05) is 26.1 Å². The lowest BCUT2D eigenvalue weighted by atomic mass is 9.81. The van der Waals surface area contributed by atoms with E-state index in [1.807, 2.05) is 6.92 Å². The predicted octanol–water partition coefficient (Wildman–Crippen LogP) is 1.35. The van der Waals surface area contributed by atoms with Gasteiger partial charge in [0.15, 0.2) is 0 Å². The molecule has 8 nitrogen and oxygen atoms in total. The molecule has 0 aliphatic heterocycles. The molecule has 2 rings (SSSR count). The van der Waals surface area contributed by atoms with Crippen molar-refractivity contribution in [1.82, 2.24) is 15.4 Å². The average Bonchev–Trinajstić information content (AvgIpc) is 2.73. The van der Waals surface area contributed by atoms with Crippen LogP contribution in [0.3, 0.4) is 0 Å². The molecule has 1 aliphatic carbocycles. The maximum Gasteiger partial charge on any atom is 0.242 e. The van der Waals surface area contributed by atoms with Gasteiger partial charge in [-0.2, -0.15) is 0 Å². The quantitative estimate of drug-likeness (QED) is 0.476. The highest BCUT2D eigenvalue weighted by Crippen LogP contribution is 2.29. The van der Waals surface area contributed by atoms with Gasteiger partial charge in [-0.3, -0.25) is 9.59 Å². The number of sulfonamides is 1. The second kappa shape index (κ2) is 11.4. The van der Waals surface area contributed by atoms with E-state index < -0.39 is 16.1 Å². The third-order valence-electron chi connectivity index (χ3n) is 5.47. The summed E-state index contributed by atoms with van der Waals surface area (Å²) >= 11 is 0. The van der Waals surface area contributed by atoms with E-state index in [9.17, 15) is 18.0 Å². The van der Waals surface area contributed by atoms with E-state index in [1.54, 1.807) is 38.3 Å². The van der Waals surface area contributed by atoms with Crippen molar-refractivity contribution in [3.63, 3.8) is 0 Å². The van der Waals surface area contributed by atoms with Crippen LogP contribution in [0.4, 0.5) is 0 Å². The molecule has 1 unspecified atom stereocenters. The van der Waals surface area contributed by atoms with Crippen LogP contribution in [-0.2, 0) is 24.3 Å². The van der Waals surface area contributed by atoms with Crippen LogP contribution in [0.1, 0.15) is 38.2 Å². The zero-order chi connectivity index (χ0) is 22.1. The van der Waals surface area contributed by atoms with Crippen molar-refractivity contribution in [1.29, 1.82) is 0 Å². The van der Waals surface area contributed by atoms with E-state index in [4.69, 9.17) is 4.74 Å². The number of carbonyl (C=O) groups is 2. The largest absolute Gasteiger partial charge is 0.383 e. The van der Waals surface area contributed by atoms with Gasteiger partial charge < -0.3 is 15.4 Å². The van der Waals surface area contributed by atoms with E-state index in [0.29, 0.717) is 32.5 Å².